The van der Waals surface area contributed by atoms with Gasteiger partial charge in [0.15, 0.2) is 5.82 Å². The number of H-pyrrole nitrogens is 1. The highest BCUT2D eigenvalue weighted by Crippen LogP contribution is 2.32. The Balaban J connectivity index is 1.64. The molecule has 0 spiro atoms. The van der Waals surface area contributed by atoms with E-state index >= 15 is 0 Å². The number of aryl methyl sites for hydroxylation is 1. The van der Waals surface area contributed by atoms with Crippen LogP contribution in [0.25, 0.3) is 0 Å². The lowest BCUT2D eigenvalue weighted by Gasteiger charge is -2.32. The fourth-order valence-electron chi connectivity index (χ4n) is 3.24. The van der Waals surface area contributed by atoms with E-state index in [0.29, 0.717) is 5.89 Å². The van der Waals surface area contributed by atoms with Crippen molar-refractivity contribution in [1.29, 1.82) is 0 Å². The molecule has 6 nitrogen and oxygen atoms in total. The van der Waals surface area contributed by atoms with Crippen LogP contribution < -0.4 is 0 Å². The van der Waals surface area contributed by atoms with E-state index in [9.17, 15) is 0 Å². The molecule has 1 unspecified atom stereocenters. The molecule has 1 aliphatic rings. The predicted octanol–water partition coefficient (Wildman–Crippen LogP) is 3.52. The third kappa shape index (κ3) is 3.22. The maximum absolute atomic E-state index is 5.60. The van der Waals surface area contributed by atoms with Gasteiger partial charge in [0, 0.05) is 25.4 Å². The van der Waals surface area contributed by atoms with Crippen molar-refractivity contribution < 1.29 is 4.52 Å². The summed E-state index contributed by atoms with van der Waals surface area (Å²) in [6, 6.07) is 8.72. The molecule has 1 atom stereocenters. The molecule has 0 saturated carbocycles. The first-order valence-corrected chi connectivity index (χ1v) is 8.74. The Labute approximate surface area is 147 Å². The number of nitrogens with zero attached hydrogens (tertiary/aromatic N) is 4. The Bertz CT molecular complexity index is 849. The van der Waals surface area contributed by atoms with Crippen LogP contribution in [0.5, 0.6) is 0 Å². The predicted molar refractivity (Wildman–Crippen MR) is 93.8 cm³/mol. The minimum absolute atomic E-state index is 0.0529. The first-order valence-electron chi connectivity index (χ1n) is 8.74. The standard InChI is InChI=1S/C19H23N5O/c1-12(2)18-22-19(25-23-18)17-8-15-16(21-11-20-15)10-24(17)9-14-6-4-13(3)5-7-14/h4-7,11-12,17H,8-10H2,1-3H3,(H,20,21). The van der Waals surface area contributed by atoms with Crippen molar-refractivity contribution in [3.05, 3.63) is 64.8 Å². The molecular weight excluding hydrogens is 314 g/mol. The molecule has 4 rings (SSSR count). The van der Waals surface area contributed by atoms with Gasteiger partial charge >= 0.3 is 0 Å². The summed E-state index contributed by atoms with van der Waals surface area (Å²) >= 11 is 0. The maximum atomic E-state index is 5.60. The second kappa shape index (κ2) is 6.44. The van der Waals surface area contributed by atoms with Gasteiger partial charge in [0.25, 0.3) is 0 Å². The van der Waals surface area contributed by atoms with E-state index in [2.05, 4.69) is 70.0 Å². The molecule has 0 saturated heterocycles. The summed E-state index contributed by atoms with van der Waals surface area (Å²) < 4.78 is 5.60. The molecule has 0 aliphatic carbocycles. The third-order valence-electron chi connectivity index (χ3n) is 4.76. The highest BCUT2D eigenvalue weighted by molar-refractivity contribution is 5.23. The summed E-state index contributed by atoms with van der Waals surface area (Å²) in [7, 11) is 0. The lowest BCUT2D eigenvalue weighted by molar-refractivity contribution is 0.128. The van der Waals surface area contributed by atoms with Crippen LogP contribution >= 0.6 is 0 Å². The molecule has 1 N–H and O–H groups in total. The van der Waals surface area contributed by atoms with Gasteiger partial charge in [0.1, 0.15) is 0 Å². The van der Waals surface area contributed by atoms with Gasteiger partial charge in [-0.1, -0.05) is 48.8 Å². The molecule has 0 amide bonds. The number of aromatic amines is 1. The summed E-state index contributed by atoms with van der Waals surface area (Å²) in [5.74, 6) is 1.70. The van der Waals surface area contributed by atoms with Crippen molar-refractivity contribution in [2.75, 3.05) is 0 Å². The van der Waals surface area contributed by atoms with E-state index in [0.717, 1.165) is 31.0 Å². The van der Waals surface area contributed by atoms with Crippen LogP contribution in [0.15, 0.2) is 35.1 Å². The molecule has 130 valence electrons. The zero-order valence-electron chi connectivity index (χ0n) is 14.9. The summed E-state index contributed by atoms with van der Waals surface area (Å²) in [4.78, 5) is 14.7. The zero-order chi connectivity index (χ0) is 17.4. The van der Waals surface area contributed by atoms with Crippen LogP contribution in [0.4, 0.5) is 0 Å². The topological polar surface area (TPSA) is 70.8 Å². The van der Waals surface area contributed by atoms with Gasteiger partial charge in [0.2, 0.25) is 5.89 Å². The number of nitrogens with one attached hydrogen (secondary N) is 1. The molecule has 25 heavy (non-hydrogen) atoms. The van der Waals surface area contributed by atoms with E-state index in [-0.39, 0.29) is 12.0 Å². The second-order valence-corrected chi connectivity index (χ2v) is 7.08. The van der Waals surface area contributed by atoms with Crippen LogP contribution in [0.1, 0.15) is 60.0 Å². The van der Waals surface area contributed by atoms with E-state index < -0.39 is 0 Å². The van der Waals surface area contributed by atoms with Crippen LogP contribution in [-0.2, 0) is 19.5 Å². The molecule has 0 radical (unpaired) electrons. The van der Waals surface area contributed by atoms with Crippen molar-refractivity contribution in [2.45, 2.75) is 52.2 Å². The van der Waals surface area contributed by atoms with Gasteiger partial charge < -0.3 is 9.51 Å². The van der Waals surface area contributed by atoms with Gasteiger partial charge in [-0.25, -0.2) is 4.98 Å². The Morgan fingerprint density at radius 3 is 2.80 bits per heavy atom. The Hall–Kier alpha value is -2.47. The molecule has 0 fully saturated rings. The first-order chi connectivity index (χ1) is 12.1. The number of rotatable bonds is 4. The summed E-state index contributed by atoms with van der Waals surface area (Å²) in [6.07, 6.45) is 2.55. The maximum Gasteiger partial charge on any atom is 0.244 e. The van der Waals surface area contributed by atoms with E-state index in [1.807, 2.05) is 0 Å². The fraction of sp³-hybridized carbons (Fsp3) is 0.421. The van der Waals surface area contributed by atoms with Crippen molar-refractivity contribution in [1.82, 2.24) is 25.0 Å². The third-order valence-corrected chi connectivity index (χ3v) is 4.76. The molecule has 6 heteroatoms. The summed E-state index contributed by atoms with van der Waals surface area (Å²) in [5.41, 5.74) is 4.82. The van der Waals surface area contributed by atoms with Gasteiger partial charge in [-0.2, -0.15) is 4.98 Å². The molecule has 2 aromatic heterocycles. The molecule has 0 bridgehead atoms. The number of hydrogen-bond donors (Lipinski definition) is 1. The van der Waals surface area contributed by atoms with E-state index in [1.54, 1.807) is 6.33 Å². The zero-order valence-corrected chi connectivity index (χ0v) is 14.9. The highest BCUT2D eigenvalue weighted by Gasteiger charge is 2.33. The number of benzene rings is 1. The fourth-order valence-corrected chi connectivity index (χ4v) is 3.24. The van der Waals surface area contributed by atoms with Crippen molar-refractivity contribution in [3.63, 3.8) is 0 Å². The average molecular weight is 337 g/mol. The number of fused-ring (bicyclic) bond motifs is 1. The molecule has 3 heterocycles. The SMILES string of the molecule is Cc1ccc(CN2Cc3[nH]cnc3CC2c2nc(C(C)C)no2)cc1. The monoisotopic (exact) mass is 337 g/mol. The van der Waals surface area contributed by atoms with Crippen LogP contribution in [0.2, 0.25) is 0 Å². The molecule has 1 aromatic carbocycles. The van der Waals surface area contributed by atoms with Gasteiger partial charge in [-0.3, -0.25) is 4.90 Å². The van der Waals surface area contributed by atoms with Crippen LogP contribution in [0.3, 0.4) is 0 Å². The largest absolute Gasteiger partial charge is 0.347 e. The average Bonchev–Trinajstić information content (AvgIpc) is 3.24. The Kier molecular flexibility index (Phi) is 4.13. The quantitative estimate of drug-likeness (QED) is 0.788. The number of hydrogen-bond acceptors (Lipinski definition) is 5. The highest BCUT2D eigenvalue weighted by atomic mass is 16.5. The smallest absolute Gasteiger partial charge is 0.244 e. The Morgan fingerprint density at radius 2 is 2.08 bits per heavy atom. The van der Waals surface area contributed by atoms with E-state index in [4.69, 9.17) is 4.52 Å². The lowest BCUT2D eigenvalue weighted by Crippen LogP contribution is -2.34. The van der Waals surface area contributed by atoms with Crippen LogP contribution in [-0.4, -0.2) is 25.0 Å². The number of aromatic nitrogens is 4. The minimum atomic E-state index is 0.0529. The minimum Gasteiger partial charge on any atom is -0.347 e. The van der Waals surface area contributed by atoms with E-state index in [1.165, 1.54) is 16.8 Å². The second-order valence-electron chi connectivity index (χ2n) is 7.08. The van der Waals surface area contributed by atoms with Crippen molar-refractivity contribution >= 4 is 0 Å². The Morgan fingerprint density at radius 1 is 1.28 bits per heavy atom. The summed E-state index contributed by atoms with van der Waals surface area (Å²) in [6.45, 7) is 7.89. The molecule has 3 aromatic rings. The lowest BCUT2D eigenvalue weighted by atomic mass is 10.0. The molecule has 1 aliphatic heterocycles. The van der Waals surface area contributed by atoms with Crippen molar-refractivity contribution in [3.8, 4) is 0 Å². The van der Waals surface area contributed by atoms with Crippen molar-refractivity contribution in [2.24, 2.45) is 0 Å². The summed E-state index contributed by atoms with van der Waals surface area (Å²) in [5, 5.41) is 4.15. The molecular formula is C19H23N5O. The van der Waals surface area contributed by atoms with Gasteiger partial charge in [0.05, 0.1) is 23.8 Å². The normalized spacial score (nSPS) is 17.8. The van der Waals surface area contributed by atoms with Gasteiger partial charge in [-0.05, 0) is 12.5 Å². The van der Waals surface area contributed by atoms with Gasteiger partial charge in [-0.15, -0.1) is 0 Å². The van der Waals surface area contributed by atoms with Crippen LogP contribution in [0, 0.1) is 6.92 Å². The number of imidazole rings is 1. The first kappa shape index (κ1) is 16.0.